The Labute approximate surface area is 121 Å². The van der Waals surface area contributed by atoms with Crippen molar-refractivity contribution < 1.29 is 4.79 Å². The van der Waals surface area contributed by atoms with Crippen LogP contribution in [0.4, 0.5) is 0 Å². The fourth-order valence-corrected chi connectivity index (χ4v) is 2.34. The van der Waals surface area contributed by atoms with E-state index in [0.717, 1.165) is 4.88 Å². The van der Waals surface area contributed by atoms with Gasteiger partial charge in [-0.25, -0.2) is 4.98 Å². The zero-order valence-corrected chi connectivity index (χ0v) is 11.9. The molecule has 0 atom stereocenters. The van der Waals surface area contributed by atoms with Crippen LogP contribution in [0.5, 0.6) is 0 Å². The van der Waals surface area contributed by atoms with Gasteiger partial charge in [-0.2, -0.15) is 5.10 Å². The lowest BCUT2D eigenvalue weighted by molar-refractivity contribution is 0.0958. The van der Waals surface area contributed by atoms with E-state index in [1.807, 2.05) is 13.1 Å². The van der Waals surface area contributed by atoms with Gasteiger partial charge in [-0.15, -0.1) is 11.3 Å². The molecule has 0 unspecified atom stereocenters. The van der Waals surface area contributed by atoms with Crippen molar-refractivity contribution in [2.24, 2.45) is 12.8 Å². The molecule has 2 aromatic rings. The average Bonchev–Trinajstić information content (AvgIpc) is 3.05. The van der Waals surface area contributed by atoms with Gasteiger partial charge in [0.15, 0.2) is 5.82 Å². The maximum Gasteiger partial charge on any atom is 0.261 e. The Kier molecular flexibility index (Phi) is 4.87. The number of hydrogen-bond acceptors (Lipinski definition) is 5. The molecule has 0 aromatic carbocycles. The van der Waals surface area contributed by atoms with E-state index < -0.39 is 0 Å². The number of rotatable bonds is 4. The summed E-state index contributed by atoms with van der Waals surface area (Å²) in [5, 5.41) is 6.98. The number of carbonyl (C=O) groups is 1. The number of aryl methyl sites for hydroxylation is 1. The maximum absolute atomic E-state index is 11.9. The van der Waals surface area contributed by atoms with Gasteiger partial charge in [0.25, 0.3) is 5.91 Å². The van der Waals surface area contributed by atoms with Gasteiger partial charge in [0.1, 0.15) is 6.33 Å². The molecule has 0 bridgehead atoms. The zero-order valence-electron chi connectivity index (χ0n) is 11.1. The smallest absolute Gasteiger partial charge is 0.261 e. The molecule has 0 aliphatic carbocycles. The molecule has 6 nitrogen and oxygen atoms in total. The molecule has 0 fully saturated rings. The standard InChI is InChI=1S/C13H15N5OS/c1-18-9-16-12(17-18)6-8-15-13(19)11-5-4-10(20-11)3-2-7-14/h4-5,9H,6-8,14H2,1H3,(H,15,19). The Morgan fingerprint density at radius 2 is 2.40 bits per heavy atom. The van der Waals surface area contributed by atoms with Gasteiger partial charge in [0.05, 0.1) is 16.3 Å². The number of nitrogens with two attached hydrogens (primary N) is 1. The number of thiophene rings is 1. The zero-order chi connectivity index (χ0) is 14.4. The Morgan fingerprint density at radius 3 is 3.10 bits per heavy atom. The van der Waals surface area contributed by atoms with Gasteiger partial charge >= 0.3 is 0 Å². The third-order valence-electron chi connectivity index (χ3n) is 2.42. The molecule has 0 saturated carbocycles. The monoisotopic (exact) mass is 289 g/mol. The molecule has 20 heavy (non-hydrogen) atoms. The summed E-state index contributed by atoms with van der Waals surface area (Å²) in [5.74, 6) is 6.28. The van der Waals surface area contributed by atoms with Crippen molar-refractivity contribution in [3.05, 3.63) is 34.0 Å². The van der Waals surface area contributed by atoms with Crippen LogP contribution in [0, 0.1) is 11.8 Å². The molecular weight excluding hydrogens is 274 g/mol. The molecule has 2 aromatic heterocycles. The fraction of sp³-hybridized carbons (Fsp3) is 0.308. The highest BCUT2D eigenvalue weighted by atomic mass is 32.1. The predicted molar refractivity (Wildman–Crippen MR) is 77.3 cm³/mol. The van der Waals surface area contributed by atoms with Gasteiger partial charge in [-0.3, -0.25) is 9.48 Å². The SMILES string of the molecule is Cn1cnc(CCNC(=O)c2ccc(C#CCN)s2)n1. The first kappa shape index (κ1) is 14.2. The van der Waals surface area contributed by atoms with Crippen LogP contribution < -0.4 is 11.1 Å². The second-order valence-corrected chi connectivity index (χ2v) is 5.09. The molecule has 0 saturated heterocycles. The minimum absolute atomic E-state index is 0.105. The summed E-state index contributed by atoms with van der Waals surface area (Å²) < 4.78 is 1.64. The molecule has 2 heterocycles. The Hall–Kier alpha value is -2.17. The molecule has 0 radical (unpaired) electrons. The van der Waals surface area contributed by atoms with Crippen LogP contribution in [-0.2, 0) is 13.5 Å². The Balaban J connectivity index is 1.84. The summed E-state index contributed by atoms with van der Waals surface area (Å²) >= 11 is 1.35. The average molecular weight is 289 g/mol. The summed E-state index contributed by atoms with van der Waals surface area (Å²) in [6, 6.07) is 3.59. The normalized spacial score (nSPS) is 9.90. The number of nitrogens with zero attached hydrogens (tertiary/aromatic N) is 3. The summed E-state index contributed by atoms with van der Waals surface area (Å²) in [6.45, 7) is 0.820. The van der Waals surface area contributed by atoms with E-state index in [2.05, 4.69) is 27.2 Å². The number of nitrogens with one attached hydrogen (secondary N) is 1. The van der Waals surface area contributed by atoms with Crippen LogP contribution in [0.15, 0.2) is 18.5 Å². The van der Waals surface area contributed by atoms with Gasteiger partial charge in [0, 0.05) is 20.0 Å². The first-order chi connectivity index (χ1) is 9.69. The van der Waals surface area contributed by atoms with E-state index in [9.17, 15) is 4.79 Å². The van der Waals surface area contributed by atoms with Crippen molar-refractivity contribution in [2.75, 3.05) is 13.1 Å². The Morgan fingerprint density at radius 1 is 1.55 bits per heavy atom. The van der Waals surface area contributed by atoms with Crippen LogP contribution in [0.25, 0.3) is 0 Å². The van der Waals surface area contributed by atoms with Crippen LogP contribution in [0.1, 0.15) is 20.4 Å². The topological polar surface area (TPSA) is 85.8 Å². The molecule has 104 valence electrons. The van der Waals surface area contributed by atoms with E-state index in [0.29, 0.717) is 30.2 Å². The third kappa shape index (κ3) is 3.91. The number of aromatic nitrogens is 3. The van der Waals surface area contributed by atoms with Crippen LogP contribution >= 0.6 is 11.3 Å². The van der Waals surface area contributed by atoms with Crippen molar-refractivity contribution in [1.29, 1.82) is 0 Å². The van der Waals surface area contributed by atoms with Gasteiger partial charge in [0.2, 0.25) is 0 Å². The van der Waals surface area contributed by atoms with E-state index in [-0.39, 0.29) is 5.91 Å². The first-order valence-corrected chi connectivity index (χ1v) is 6.92. The van der Waals surface area contributed by atoms with E-state index in [1.54, 1.807) is 17.1 Å². The quantitative estimate of drug-likeness (QED) is 0.785. The molecular formula is C13H15N5OS. The molecule has 3 N–H and O–H groups in total. The van der Waals surface area contributed by atoms with Crippen LogP contribution in [0.3, 0.4) is 0 Å². The highest BCUT2D eigenvalue weighted by Gasteiger charge is 2.08. The summed E-state index contributed by atoms with van der Waals surface area (Å²) in [4.78, 5) is 17.5. The van der Waals surface area contributed by atoms with Gasteiger partial charge in [-0.05, 0) is 12.1 Å². The maximum atomic E-state index is 11.9. The lowest BCUT2D eigenvalue weighted by Gasteiger charge is -2.00. The highest BCUT2D eigenvalue weighted by molar-refractivity contribution is 7.14. The van der Waals surface area contributed by atoms with Crippen LogP contribution in [0.2, 0.25) is 0 Å². The molecule has 1 amide bonds. The molecule has 2 rings (SSSR count). The van der Waals surface area contributed by atoms with Crippen molar-refractivity contribution in [3.8, 4) is 11.8 Å². The largest absolute Gasteiger partial charge is 0.351 e. The Bertz CT molecular complexity index is 649. The van der Waals surface area contributed by atoms with E-state index in [1.165, 1.54) is 11.3 Å². The van der Waals surface area contributed by atoms with Gasteiger partial charge < -0.3 is 11.1 Å². The molecule has 0 aliphatic rings. The molecule has 7 heteroatoms. The minimum atomic E-state index is -0.105. The molecule has 0 spiro atoms. The van der Waals surface area contributed by atoms with Gasteiger partial charge in [-0.1, -0.05) is 11.8 Å². The minimum Gasteiger partial charge on any atom is -0.351 e. The first-order valence-electron chi connectivity index (χ1n) is 6.10. The van der Waals surface area contributed by atoms with Crippen molar-refractivity contribution in [3.63, 3.8) is 0 Å². The summed E-state index contributed by atoms with van der Waals surface area (Å²) in [5.41, 5.74) is 5.30. The van der Waals surface area contributed by atoms with Crippen molar-refractivity contribution in [1.82, 2.24) is 20.1 Å². The van der Waals surface area contributed by atoms with E-state index >= 15 is 0 Å². The predicted octanol–water partition coefficient (Wildman–Crippen LogP) is 0.159. The third-order valence-corrected chi connectivity index (χ3v) is 3.42. The second-order valence-electron chi connectivity index (χ2n) is 4.01. The number of hydrogen-bond donors (Lipinski definition) is 2. The van der Waals surface area contributed by atoms with Crippen LogP contribution in [-0.4, -0.2) is 33.8 Å². The highest BCUT2D eigenvalue weighted by Crippen LogP contribution is 2.14. The molecule has 0 aliphatic heterocycles. The van der Waals surface area contributed by atoms with Crippen molar-refractivity contribution >= 4 is 17.2 Å². The van der Waals surface area contributed by atoms with E-state index in [4.69, 9.17) is 5.73 Å². The number of carbonyl (C=O) groups excluding carboxylic acids is 1. The fourth-order valence-electron chi connectivity index (χ4n) is 1.54. The van der Waals surface area contributed by atoms with Crippen molar-refractivity contribution in [2.45, 2.75) is 6.42 Å². The summed E-state index contributed by atoms with van der Waals surface area (Å²) in [6.07, 6.45) is 2.25. The number of amides is 1. The second kappa shape index (κ2) is 6.84. The lowest BCUT2D eigenvalue weighted by atomic mass is 10.3. The summed E-state index contributed by atoms with van der Waals surface area (Å²) in [7, 11) is 1.81. The lowest BCUT2D eigenvalue weighted by Crippen LogP contribution is -2.25.